The lowest BCUT2D eigenvalue weighted by molar-refractivity contribution is -0.128. The Labute approximate surface area is 128 Å². The molecule has 1 aromatic rings. The highest BCUT2D eigenvalue weighted by Crippen LogP contribution is 2.16. The van der Waals surface area contributed by atoms with Crippen molar-refractivity contribution in [1.82, 2.24) is 10.6 Å². The molecule has 0 spiro atoms. The number of carbonyl (C=O) groups excluding carboxylic acids is 2. The Morgan fingerprint density at radius 2 is 1.81 bits per heavy atom. The van der Waals surface area contributed by atoms with Crippen LogP contribution in [-0.4, -0.2) is 44.7 Å². The maximum absolute atomic E-state index is 11.8. The van der Waals surface area contributed by atoms with Crippen molar-refractivity contribution in [3.63, 3.8) is 0 Å². The summed E-state index contributed by atoms with van der Waals surface area (Å²) in [7, 11) is 1.44. The summed E-state index contributed by atoms with van der Waals surface area (Å²) in [5.74, 6) is 0.0820. The summed E-state index contributed by atoms with van der Waals surface area (Å²) in [6.07, 6.45) is -0.638. The van der Waals surface area contributed by atoms with Crippen molar-refractivity contribution in [3.05, 3.63) is 29.3 Å². The predicted molar refractivity (Wildman–Crippen MR) is 79.4 cm³/mol. The first-order valence-electron chi connectivity index (χ1n) is 6.48. The Bertz CT molecular complexity index is 465. The van der Waals surface area contributed by atoms with Gasteiger partial charge in [0.1, 0.15) is 12.4 Å². The first-order valence-corrected chi connectivity index (χ1v) is 6.86. The van der Waals surface area contributed by atoms with Crippen LogP contribution in [0.2, 0.25) is 5.02 Å². The lowest BCUT2D eigenvalue weighted by Gasteiger charge is -2.15. The smallest absolute Gasteiger partial charge is 0.260 e. The largest absolute Gasteiger partial charge is 0.481 e. The van der Waals surface area contributed by atoms with Gasteiger partial charge in [0.2, 0.25) is 5.91 Å². The van der Waals surface area contributed by atoms with E-state index >= 15 is 0 Å². The van der Waals surface area contributed by atoms with Crippen molar-refractivity contribution in [1.29, 1.82) is 0 Å². The maximum atomic E-state index is 11.8. The van der Waals surface area contributed by atoms with E-state index in [0.29, 0.717) is 23.9 Å². The molecular formula is C14H19ClN2O4. The van der Waals surface area contributed by atoms with Gasteiger partial charge in [-0.3, -0.25) is 9.59 Å². The molecule has 0 aliphatic heterocycles. The molecule has 2 N–H and O–H groups in total. The lowest BCUT2D eigenvalue weighted by atomic mass is 10.3. The molecule has 0 heterocycles. The van der Waals surface area contributed by atoms with Crippen LogP contribution in [0.5, 0.6) is 5.75 Å². The molecule has 1 rings (SSSR count). The third-order valence-corrected chi connectivity index (χ3v) is 2.77. The van der Waals surface area contributed by atoms with Crippen LogP contribution in [-0.2, 0) is 14.3 Å². The van der Waals surface area contributed by atoms with E-state index in [-0.39, 0.29) is 18.4 Å². The molecular weight excluding hydrogens is 296 g/mol. The molecule has 1 unspecified atom stereocenters. The van der Waals surface area contributed by atoms with Crippen LogP contribution in [0, 0.1) is 0 Å². The van der Waals surface area contributed by atoms with Crippen molar-refractivity contribution in [2.45, 2.75) is 13.0 Å². The van der Waals surface area contributed by atoms with Gasteiger partial charge in [-0.15, -0.1) is 0 Å². The zero-order valence-electron chi connectivity index (χ0n) is 12.0. The molecule has 0 saturated heterocycles. The number of rotatable bonds is 8. The van der Waals surface area contributed by atoms with Gasteiger partial charge in [-0.25, -0.2) is 0 Å². The summed E-state index contributed by atoms with van der Waals surface area (Å²) in [4.78, 5) is 22.9. The Balaban J connectivity index is 2.25. The van der Waals surface area contributed by atoms with Crippen LogP contribution >= 0.6 is 11.6 Å². The van der Waals surface area contributed by atoms with Crippen LogP contribution in [0.4, 0.5) is 0 Å². The number of carbonyl (C=O) groups is 2. The number of benzene rings is 1. The molecule has 0 aliphatic rings. The van der Waals surface area contributed by atoms with E-state index in [1.807, 2.05) is 0 Å². The number of methoxy groups -OCH3 is 1. The second-order valence-corrected chi connectivity index (χ2v) is 4.72. The maximum Gasteiger partial charge on any atom is 0.260 e. The lowest BCUT2D eigenvalue weighted by Crippen LogP contribution is -2.41. The Morgan fingerprint density at radius 3 is 2.43 bits per heavy atom. The summed E-state index contributed by atoms with van der Waals surface area (Å²) >= 11 is 5.76. The fourth-order valence-corrected chi connectivity index (χ4v) is 1.61. The third kappa shape index (κ3) is 6.97. The number of hydrogen-bond acceptors (Lipinski definition) is 4. The molecule has 2 amide bonds. The molecule has 0 bridgehead atoms. The average Bonchev–Trinajstić information content (AvgIpc) is 2.46. The Hall–Kier alpha value is -1.79. The summed E-state index contributed by atoms with van der Waals surface area (Å²) in [6, 6.07) is 6.76. The SMILES string of the molecule is COCC(=O)NCCNC(=O)C(C)Oc1ccc(Cl)cc1. The number of ether oxygens (including phenoxy) is 2. The fourth-order valence-electron chi connectivity index (χ4n) is 1.48. The van der Waals surface area contributed by atoms with Crippen molar-refractivity contribution in [3.8, 4) is 5.75 Å². The van der Waals surface area contributed by atoms with Gasteiger partial charge in [-0.05, 0) is 31.2 Å². The minimum absolute atomic E-state index is 0.00400. The summed E-state index contributed by atoms with van der Waals surface area (Å²) < 4.78 is 10.1. The van der Waals surface area contributed by atoms with E-state index in [0.717, 1.165) is 0 Å². The standard InChI is InChI=1S/C14H19ClN2O4/c1-10(21-12-5-3-11(15)4-6-12)14(19)17-8-7-16-13(18)9-20-2/h3-6,10H,7-9H2,1-2H3,(H,16,18)(H,17,19). The topological polar surface area (TPSA) is 76.7 Å². The molecule has 21 heavy (non-hydrogen) atoms. The van der Waals surface area contributed by atoms with E-state index in [1.165, 1.54) is 7.11 Å². The highest BCUT2D eigenvalue weighted by atomic mass is 35.5. The number of halogens is 1. The van der Waals surface area contributed by atoms with Gasteiger partial charge in [0.05, 0.1) is 0 Å². The molecule has 0 aromatic heterocycles. The van der Waals surface area contributed by atoms with E-state index < -0.39 is 6.10 Å². The number of hydrogen-bond donors (Lipinski definition) is 2. The van der Waals surface area contributed by atoms with E-state index in [1.54, 1.807) is 31.2 Å². The van der Waals surface area contributed by atoms with Gasteiger partial charge in [0.15, 0.2) is 6.10 Å². The molecule has 0 radical (unpaired) electrons. The Kier molecular flexibility index (Phi) is 7.56. The minimum Gasteiger partial charge on any atom is -0.481 e. The Morgan fingerprint density at radius 1 is 1.19 bits per heavy atom. The third-order valence-electron chi connectivity index (χ3n) is 2.52. The van der Waals surface area contributed by atoms with Crippen molar-refractivity contribution >= 4 is 23.4 Å². The van der Waals surface area contributed by atoms with Gasteiger partial charge < -0.3 is 20.1 Å². The normalized spacial score (nSPS) is 11.6. The highest BCUT2D eigenvalue weighted by Gasteiger charge is 2.13. The minimum atomic E-state index is -0.638. The molecule has 6 nitrogen and oxygen atoms in total. The quantitative estimate of drug-likeness (QED) is 0.702. The molecule has 1 aromatic carbocycles. The molecule has 0 fully saturated rings. The van der Waals surface area contributed by atoms with Crippen LogP contribution in [0.15, 0.2) is 24.3 Å². The van der Waals surface area contributed by atoms with E-state index in [9.17, 15) is 9.59 Å². The molecule has 7 heteroatoms. The van der Waals surface area contributed by atoms with Gasteiger partial charge >= 0.3 is 0 Å². The van der Waals surface area contributed by atoms with Crippen LogP contribution < -0.4 is 15.4 Å². The van der Waals surface area contributed by atoms with E-state index in [2.05, 4.69) is 15.4 Å². The zero-order valence-corrected chi connectivity index (χ0v) is 12.8. The summed E-state index contributed by atoms with van der Waals surface area (Å²) in [6.45, 7) is 2.31. The monoisotopic (exact) mass is 314 g/mol. The van der Waals surface area contributed by atoms with Crippen molar-refractivity contribution < 1.29 is 19.1 Å². The van der Waals surface area contributed by atoms with Crippen LogP contribution in [0.3, 0.4) is 0 Å². The molecule has 0 saturated carbocycles. The molecule has 1 atom stereocenters. The van der Waals surface area contributed by atoms with Gasteiger partial charge in [0, 0.05) is 25.2 Å². The number of amides is 2. The van der Waals surface area contributed by atoms with Gasteiger partial charge in [0.25, 0.3) is 5.91 Å². The second-order valence-electron chi connectivity index (χ2n) is 4.29. The summed E-state index contributed by atoms with van der Waals surface area (Å²) in [5, 5.41) is 5.87. The fraction of sp³-hybridized carbons (Fsp3) is 0.429. The molecule has 0 aliphatic carbocycles. The van der Waals surface area contributed by atoms with Crippen molar-refractivity contribution in [2.24, 2.45) is 0 Å². The van der Waals surface area contributed by atoms with Gasteiger partial charge in [-0.1, -0.05) is 11.6 Å². The zero-order chi connectivity index (χ0) is 15.7. The first-order chi connectivity index (χ1) is 10.0. The van der Waals surface area contributed by atoms with Crippen LogP contribution in [0.25, 0.3) is 0 Å². The summed E-state index contributed by atoms with van der Waals surface area (Å²) in [5.41, 5.74) is 0. The van der Waals surface area contributed by atoms with Crippen molar-refractivity contribution in [2.75, 3.05) is 26.8 Å². The van der Waals surface area contributed by atoms with Gasteiger partial charge in [-0.2, -0.15) is 0 Å². The average molecular weight is 315 g/mol. The first kappa shape index (κ1) is 17.3. The van der Waals surface area contributed by atoms with E-state index in [4.69, 9.17) is 16.3 Å². The highest BCUT2D eigenvalue weighted by molar-refractivity contribution is 6.30. The number of nitrogens with one attached hydrogen (secondary N) is 2. The second kappa shape index (κ2) is 9.20. The predicted octanol–water partition coefficient (Wildman–Crippen LogP) is 0.986. The molecule has 116 valence electrons. The van der Waals surface area contributed by atoms with Crippen LogP contribution in [0.1, 0.15) is 6.92 Å².